The van der Waals surface area contributed by atoms with Gasteiger partial charge in [-0.2, -0.15) is 0 Å². The van der Waals surface area contributed by atoms with Gasteiger partial charge < -0.3 is 4.98 Å². The van der Waals surface area contributed by atoms with Gasteiger partial charge in [-0.3, -0.25) is 10.1 Å². The maximum absolute atomic E-state index is 11.3. The van der Waals surface area contributed by atoms with Crippen LogP contribution in [-0.2, 0) is 4.79 Å². The smallest absolute Gasteiger partial charge is 0.226 e. The highest BCUT2D eigenvalue weighted by Gasteiger charge is 2.07. The van der Waals surface area contributed by atoms with Crippen LogP contribution in [0.4, 0.5) is 5.95 Å². The normalized spacial score (nSPS) is 12.5. The predicted molar refractivity (Wildman–Crippen MR) is 51.3 cm³/mol. The minimum Gasteiger partial charge on any atom is -0.331 e. The Hall–Kier alpha value is -1.32. The molecule has 4 heteroatoms. The van der Waals surface area contributed by atoms with Crippen molar-refractivity contribution in [3.63, 3.8) is 0 Å². The largest absolute Gasteiger partial charge is 0.331 e. The fraction of sp³-hybridized carbons (Fsp3) is 0.556. The molecule has 1 amide bonds. The summed E-state index contributed by atoms with van der Waals surface area (Å²) < 4.78 is 0. The molecule has 1 atom stereocenters. The summed E-state index contributed by atoms with van der Waals surface area (Å²) in [6, 6.07) is 0. The molecule has 0 aliphatic rings. The number of rotatable bonds is 4. The highest BCUT2D eigenvalue weighted by atomic mass is 16.1. The third-order valence-electron chi connectivity index (χ3n) is 1.99. The zero-order valence-corrected chi connectivity index (χ0v) is 8.00. The standard InChI is InChI=1S/C9H15N3O/c1-3-7(2)6-8(13)12-9-10-4-5-11-9/h4-5,7H,3,6H2,1-2H3,(H2,10,11,12,13). The van der Waals surface area contributed by atoms with Crippen LogP contribution in [0.3, 0.4) is 0 Å². The van der Waals surface area contributed by atoms with Crippen molar-refractivity contribution >= 4 is 11.9 Å². The molecule has 0 radical (unpaired) electrons. The Kier molecular flexibility index (Phi) is 3.49. The zero-order chi connectivity index (χ0) is 9.68. The van der Waals surface area contributed by atoms with Crippen LogP contribution in [0, 0.1) is 5.92 Å². The van der Waals surface area contributed by atoms with E-state index in [2.05, 4.69) is 29.1 Å². The topological polar surface area (TPSA) is 57.8 Å². The lowest BCUT2D eigenvalue weighted by Crippen LogP contribution is -2.15. The molecule has 1 aromatic rings. The molecule has 0 fully saturated rings. The first-order chi connectivity index (χ1) is 6.22. The first kappa shape index (κ1) is 9.77. The average molecular weight is 181 g/mol. The Bertz CT molecular complexity index is 256. The number of nitrogens with zero attached hydrogens (tertiary/aromatic N) is 1. The molecule has 0 saturated carbocycles. The molecule has 0 saturated heterocycles. The summed E-state index contributed by atoms with van der Waals surface area (Å²) in [6.07, 6.45) is 4.86. The predicted octanol–water partition coefficient (Wildman–Crippen LogP) is 1.78. The van der Waals surface area contributed by atoms with Crippen molar-refractivity contribution in [1.29, 1.82) is 0 Å². The SMILES string of the molecule is CCC(C)CC(=O)Nc1ncc[nH]1. The first-order valence-electron chi connectivity index (χ1n) is 4.51. The molecule has 0 aromatic carbocycles. The van der Waals surface area contributed by atoms with Crippen molar-refractivity contribution in [2.45, 2.75) is 26.7 Å². The molecule has 1 rings (SSSR count). The number of aromatic amines is 1. The zero-order valence-electron chi connectivity index (χ0n) is 8.00. The van der Waals surface area contributed by atoms with E-state index < -0.39 is 0 Å². The van der Waals surface area contributed by atoms with E-state index in [9.17, 15) is 4.79 Å². The average Bonchev–Trinajstić information content (AvgIpc) is 2.56. The molecule has 13 heavy (non-hydrogen) atoms. The molecular formula is C9H15N3O. The van der Waals surface area contributed by atoms with Gasteiger partial charge in [-0.1, -0.05) is 20.3 Å². The number of imidazole rings is 1. The minimum atomic E-state index is 0.0179. The van der Waals surface area contributed by atoms with Crippen LogP contribution in [0.1, 0.15) is 26.7 Å². The van der Waals surface area contributed by atoms with Crippen molar-refractivity contribution in [2.75, 3.05) is 5.32 Å². The van der Waals surface area contributed by atoms with Crippen LogP contribution in [0.2, 0.25) is 0 Å². The molecule has 0 aliphatic heterocycles. The Morgan fingerprint density at radius 2 is 2.54 bits per heavy atom. The van der Waals surface area contributed by atoms with Gasteiger partial charge in [0.15, 0.2) is 0 Å². The Balaban J connectivity index is 2.34. The van der Waals surface area contributed by atoms with Crippen molar-refractivity contribution in [1.82, 2.24) is 9.97 Å². The number of nitrogens with one attached hydrogen (secondary N) is 2. The fourth-order valence-electron chi connectivity index (χ4n) is 0.978. The highest BCUT2D eigenvalue weighted by Crippen LogP contribution is 2.07. The Morgan fingerprint density at radius 3 is 3.08 bits per heavy atom. The van der Waals surface area contributed by atoms with E-state index in [0.29, 0.717) is 18.3 Å². The minimum absolute atomic E-state index is 0.0179. The van der Waals surface area contributed by atoms with Crippen molar-refractivity contribution in [2.24, 2.45) is 5.92 Å². The van der Waals surface area contributed by atoms with Gasteiger partial charge in [0.05, 0.1) is 0 Å². The van der Waals surface area contributed by atoms with Gasteiger partial charge in [-0.25, -0.2) is 4.98 Å². The molecular weight excluding hydrogens is 166 g/mol. The number of anilines is 1. The quantitative estimate of drug-likeness (QED) is 0.743. The number of amides is 1. The molecule has 1 unspecified atom stereocenters. The third-order valence-corrected chi connectivity index (χ3v) is 1.99. The van der Waals surface area contributed by atoms with Crippen molar-refractivity contribution < 1.29 is 4.79 Å². The summed E-state index contributed by atoms with van der Waals surface area (Å²) in [5, 5.41) is 2.68. The van der Waals surface area contributed by atoms with Gasteiger partial charge in [-0.15, -0.1) is 0 Å². The summed E-state index contributed by atoms with van der Waals surface area (Å²) in [6.45, 7) is 4.13. The summed E-state index contributed by atoms with van der Waals surface area (Å²) in [5.74, 6) is 0.965. The maximum atomic E-state index is 11.3. The third kappa shape index (κ3) is 3.27. The molecule has 1 heterocycles. The van der Waals surface area contributed by atoms with Crippen LogP contribution in [0.5, 0.6) is 0 Å². The lowest BCUT2D eigenvalue weighted by Gasteiger charge is -2.06. The molecule has 72 valence electrons. The molecule has 1 aromatic heterocycles. The Labute approximate surface area is 77.8 Å². The van der Waals surface area contributed by atoms with E-state index in [0.717, 1.165) is 6.42 Å². The van der Waals surface area contributed by atoms with Crippen molar-refractivity contribution in [3.8, 4) is 0 Å². The number of hydrogen-bond donors (Lipinski definition) is 2. The number of carbonyl (C=O) groups excluding carboxylic acids is 1. The first-order valence-corrected chi connectivity index (χ1v) is 4.51. The maximum Gasteiger partial charge on any atom is 0.226 e. The van der Waals surface area contributed by atoms with Crippen LogP contribution >= 0.6 is 0 Å². The van der Waals surface area contributed by atoms with E-state index in [1.807, 2.05) is 0 Å². The lowest BCUT2D eigenvalue weighted by atomic mass is 10.1. The number of hydrogen-bond acceptors (Lipinski definition) is 2. The van der Waals surface area contributed by atoms with Crippen molar-refractivity contribution in [3.05, 3.63) is 12.4 Å². The van der Waals surface area contributed by atoms with Gasteiger partial charge in [0.25, 0.3) is 0 Å². The van der Waals surface area contributed by atoms with E-state index in [4.69, 9.17) is 0 Å². The summed E-state index contributed by atoms with van der Waals surface area (Å²) >= 11 is 0. The summed E-state index contributed by atoms with van der Waals surface area (Å²) in [4.78, 5) is 18.0. The molecule has 0 spiro atoms. The summed E-state index contributed by atoms with van der Waals surface area (Å²) in [7, 11) is 0. The number of aromatic nitrogens is 2. The summed E-state index contributed by atoms with van der Waals surface area (Å²) in [5.41, 5.74) is 0. The van der Waals surface area contributed by atoms with E-state index in [1.54, 1.807) is 12.4 Å². The van der Waals surface area contributed by atoms with Crippen LogP contribution in [0.25, 0.3) is 0 Å². The number of carbonyl (C=O) groups is 1. The molecule has 2 N–H and O–H groups in total. The van der Waals surface area contributed by atoms with E-state index in [1.165, 1.54) is 0 Å². The van der Waals surface area contributed by atoms with Crippen LogP contribution < -0.4 is 5.32 Å². The second-order valence-corrected chi connectivity index (χ2v) is 3.20. The van der Waals surface area contributed by atoms with E-state index in [-0.39, 0.29) is 5.91 Å². The van der Waals surface area contributed by atoms with Crippen LogP contribution in [-0.4, -0.2) is 15.9 Å². The van der Waals surface area contributed by atoms with E-state index >= 15 is 0 Å². The monoisotopic (exact) mass is 181 g/mol. The molecule has 0 bridgehead atoms. The highest BCUT2D eigenvalue weighted by molar-refractivity contribution is 5.88. The van der Waals surface area contributed by atoms with Crippen LogP contribution in [0.15, 0.2) is 12.4 Å². The van der Waals surface area contributed by atoms with Gasteiger partial charge in [-0.05, 0) is 5.92 Å². The van der Waals surface area contributed by atoms with Gasteiger partial charge in [0.1, 0.15) is 0 Å². The number of H-pyrrole nitrogens is 1. The van der Waals surface area contributed by atoms with Gasteiger partial charge in [0, 0.05) is 18.8 Å². The fourth-order valence-corrected chi connectivity index (χ4v) is 0.978. The molecule has 4 nitrogen and oxygen atoms in total. The van der Waals surface area contributed by atoms with Gasteiger partial charge in [0.2, 0.25) is 11.9 Å². The second-order valence-electron chi connectivity index (χ2n) is 3.20. The Morgan fingerprint density at radius 1 is 1.77 bits per heavy atom. The lowest BCUT2D eigenvalue weighted by molar-refractivity contribution is -0.117. The van der Waals surface area contributed by atoms with Gasteiger partial charge >= 0.3 is 0 Å². The molecule has 0 aliphatic carbocycles. The second kappa shape index (κ2) is 4.64.